The number of piperidine rings is 1. The van der Waals surface area contributed by atoms with Crippen molar-refractivity contribution in [3.63, 3.8) is 0 Å². The smallest absolute Gasteiger partial charge is 0.141 e. The first-order chi connectivity index (χ1) is 10.1. The molecule has 2 rings (SSSR count). The highest BCUT2D eigenvalue weighted by molar-refractivity contribution is 5.47. The molecule has 118 valence electrons. The van der Waals surface area contributed by atoms with Crippen LogP contribution < -0.4 is 10.2 Å². The van der Waals surface area contributed by atoms with Gasteiger partial charge in [0.25, 0.3) is 0 Å². The van der Waals surface area contributed by atoms with Crippen molar-refractivity contribution < 1.29 is 4.39 Å². The minimum Gasteiger partial charge on any atom is -0.356 e. The highest BCUT2D eigenvalue weighted by atomic mass is 19.1. The summed E-state index contributed by atoms with van der Waals surface area (Å²) in [6.07, 6.45) is 4.67. The molecule has 21 heavy (non-hydrogen) atoms. The number of anilines is 1. The molecule has 1 aromatic heterocycles. The Morgan fingerprint density at radius 2 is 2.10 bits per heavy atom. The zero-order chi connectivity index (χ0) is 15.2. The van der Waals surface area contributed by atoms with E-state index in [1.54, 1.807) is 6.07 Å². The molecule has 5 heteroatoms. The van der Waals surface area contributed by atoms with Crippen molar-refractivity contribution in [3.8, 4) is 0 Å². The van der Waals surface area contributed by atoms with E-state index in [0.717, 1.165) is 50.3 Å². The summed E-state index contributed by atoms with van der Waals surface area (Å²) in [6, 6.07) is 2.26. The summed E-state index contributed by atoms with van der Waals surface area (Å²) in [6.45, 7) is 5.73. The SMILES string of the molecule is CCCNCc1cc(F)cnc1N1CCC(N(C)C)CC1. The van der Waals surface area contributed by atoms with Crippen molar-refractivity contribution in [3.05, 3.63) is 23.6 Å². The summed E-state index contributed by atoms with van der Waals surface area (Å²) in [4.78, 5) is 8.93. The molecule has 0 saturated carbocycles. The summed E-state index contributed by atoms with van der Waals surface area (Å²) < 4.78 is 13.5. The topological polar surface area (TPSA) is 31.4 Å². The van der Waals surface area contributed by atoms with Crippen LogP contribution in [0.1, 0.15) is 31.7 Å². The van der Waals surface area contributed by atoms with Crippen LogP contribution in [-0.4, -0.2) is 49.7 Å². The fraction of sp³-hybridized carbons (Fsp3) is 0.688. The molecule has 0 aromatic carbocycles. The Balaban J connectivity index is 2.05. The molecule has 1 aromatic rings. The Bertz CT molecular complexity index is 442. The average Bonchev–Trinajstić information content (AvgIpc) is 2.48. The van der Waals surface area contributed by atoms with Crippen LogP contribution in [0.4, 0.5) is 10.2 Å². The fourth-order valence-electron chi connectivity index (χ4n) is 2.88. The summed E-state index contributed by atoms with van der Waals surface area (Å²) in [7, 11) is 4.27. The molecule has 1 N–H and O–H groups in total. The number of aromatic nitrogens is 1. The first kappa shape index (κ1) is 16.2. The zero-order valence-corrected chi connectivity index (χ0v) is 13.4. The van der Waals surface area contributed by atoms with Gasteiger partial charge in [0.2, 0.25) is 0 Å². The zero-order valence-electron chi connectivity index (χ0n) is 13.4. The lowest BCUT2D eigenvalue weighted by molar-refractivity contribution is 0.249. The van der Waals surface area contributed by atoms with E-state index in [2.05, 4.69) is 41.1 Å². The van der Waals surface area contributed by atoms with Gasteiger partial charge in [0, 0.05) is 31.2 Å². The van der Waals surface area contributed by atoms with Crippen molar-refractivity contribution in [1.82, 2.24) is 15.2 Å². The molecular weight excluding hydrogens is 267 g/mol. The highest BCUT2D eigenvalue weighted by Crippen LogP contribution is 2.23. The highest BCUT2D eigenvalue weighted by Gasteiger charge is 2.23. The number of hydrogen-bond donors (Lipinski definition) is 1. The molecule has 0 atom stereocenters. The van der Waals surface area contributed by atoms with Gasteiger partial charge in [-0.1, -0.05) is 6.92 Å². The molecule has 2 heterocycles. The number of nitrogens with zero attached hydrogens (tertiary/aromatic N) is 3. The Labute approximate surface area is 127 Å². The number of halogens is 1. The van der Waals surface area contributed by atoms with E-state index in [0.29, 0.717) is 12.6 Å². The number of rotatable bonds is 6. The van der Waals surface area contributed by atoms with E-state index in [4.69, 9.17) is 0 Å². The van der Waals surface area contributed by atoms with Crippen LogP contribution in [-0.2, 0) is 6.54 Å². The second-order valence-electron chi connectivity index (χ2n) is 5.99. The van der Waals surface area contributed by atoms with E-state index in [9.17, 15) is 4.39 Å². The van der Waals surface area contributed by atoms with Crippen LogP contribution in [0.25, 0.3) is 0 Å². The molecule has 0 unspecified atom stereocenters. The van der Waals surface area contributed by atoms with Crippen molar-refractivity contribution in [2.24, 2.45) is 0 Å². The number of nitrogens with one attached hydrogen (secondary N) is 1. The van der Waals surface area contributed by atoms with E-state index < -0.39 is 0 Å². The first-order valence-corrected chi connectivity index (χ1v) is 7.88. The third kappa shape index (κ3) is 4.38. The van der Waals surface area contributed by atoms with E-state index in [1.165, 1.54) is 6.20 Å². The van der Waals surface area contributed by atoms with Crippen molar-refractivity contribution in [2.75, 3.05) is 38.6 Å². The minimum absolute atomic E-state index is 0.254. The van der Waals surface area contributed by atoms with E-state index in [-0.39, 0.29) is 5.82 Å². The lowest BCUT2D eigenvalue weighted by Gasteiger charge is -2.36. The van der Waals surface area contributed by atoms with Gasteiger partial charge in [-0.15, -0.1) is 0 Å². The molecule has 1 saturated heterocycles. The van der Waals surface area contributed by atoms with Crippen molar-refractivity contribution >= 4 is 5.82 Å². The Hall–Kier alpha value is -1.20. The maximum Gasteiger partial charge on any atom is 0.141 e. The van der Waals surface area contributed by atoms with Crippen molar-refractivity contribution in [2.45, 2.75) is 38.8 Å². The summed E-state index contributed by atoms with van der Waals surface area (Å²) in [5.74, 6) is 0.687. The Kier molecular flexibility index (Phi) is 5.94. The average molecular weight is 294 g/mol. The monoisotopic (exact) mass is 294 g/mol. The third-order valence-electron chi connectivity index (χ3n) is 4.15. The molecule has 4 nitrogen and oxygen atoms in total. The third-order valence-corrected chi connectivity index (χ3v) is 4.15. The predicted molar refractivity (Wildman–Crippen MR) is 85.1 cm³/mol. The van der Waals surface area contributed by atoms with Gasteiger partial charge in [0.1, 0.15) is 11.6 Å². The van der Waals surface area contributed by atoms with Gasteiger partial charge in [0.15, 0.2) is 0 Å². The largest absolute Gasteiger partial charge is 0.356 e. The molecule has 0 amide bonds. The number of pyridine rings is 1. The standard InChI is InChI=1S/C16H27FN4/c1-4-7-18-11-13-10-14(17)12-19-16(13)21-8-5-15(6-9-21)20(2)3/h10,12,15,18H,4-9,11H2,1-3H3. The van der Waals surface area contributed by atoms with Crippen LogP contribution in [0.5, 0.6) is 0 Å². The molecular formula is C16H27FN4. The van der Waals surface area contributed by atoms with Gasteiger partial charge in [-0.25, -0.2) is 9.37 Å². The molecule has 0 spiro atoms. The van der Waals surface area contributed by atoms with Crippen LogP contribution in [0.3, 0.4) is 0 Å². The second-order valence-corrected chi connectivity index (χ2v) is 5.99. The molecule has 1 fully saturated rings. The van der Waals surface area contributed by atoms with Gasteiger partial charge in [-0.05, 0) is 46.0 Å². The normalized spacial score (nSPS) is 16.7. The van der Waals surface area contributed by atoms with Gasteiger partial charge >= 0.3 is 0 Å². The molecule has 1 aliphatic rings. The minimum atomic E-state index is -0.254. The van der Waals surface area contributed by atoms with Gasteiger partial charge in [-0.2, -0.15) is 0 Å². The van der Waals surface area contributed by atoms with Crippen molar-refractivity contribution in [1.29, 1.82) is 0 Å². The first-order valence-electron chi connectivity index (χ1n) is 7.88. The summed E-state index contributed by atoms with van der Waals surface area (Å²) in [5.41, 5.74) is 0.965. The Morgan fingerprint density at radius 3 is 2.71 bits per heavy atom. The van der Waals surface area contributed by atoms with Crippen LogP contribution in [0.15, 0.2) is 12.3 Å². The molecule has 1 aliphatic heterocycles. The summed E-state index contributed by atoms with van der Waals surface area (Å²) >= 11 is 0. The van der Waals surface area contributed by atoms with E-state index >= 15 is 0 Å². The lowest BCUT2D eigenvalue weighted by atomic mass is 10.0. The Morgan fingerprint density at radius 1 is 1.38 bits per heavy atom. The molecule has 0 radical (unpaired) electrons. The maximum absolute atomic E-state index is 13.5. The van der Waals surface area contributed by atoms with Gasteiger partial charge in [-0.3, -0.25) is 0 Å². The van der Waals surface area contributed by atoms with Gasteiger partial charge in [0.05, 0.1) is 6.20 Å². The molecule has 0 bridgehead atoms. The molecule has 0 aliphatic carbocycles. The number of hydrogen-bond acceptors (Lipinski definition) is 4. The summed E-state index contributed by atoms with van der Waals surface area (Å²) in [5, 5.41) is 3.34. The lowest BCUT2D eigenvalue weighted by Crippen LogP contribution is -2.42. The predicted octanol–water partition coefficient (Wildman–Crippen LogP) is 2.25. The van der Waals surface area contributed by atoms with Crippen LogP contribution in [0, 0.1) is 5.82 Å². The second kappa shape index (κ2) is 7.71. The van der Waals surface area contributed by atoms with Crippen LogP contribution in [0.2, 0.25) is 0 Å². The quantitative estimate of drug-likeness (QED) is 0.816. The van der Waals surface area contributed by atoms with Crippen LogP contribution >= 0.6 is 0 Å². The fourth-order valence-corrected chi connectivity index (χ4v) is 2.88. The van der Waals surface area contributed by atoms with Gasteiger partial charge < -0.3 is 15.1 Å². The van der Waals surface area contributed by atoms with E-state index in [1.807, 2.05) is 0 Å². The maximum atomic E-state index is 13.5.